The first-order valence-electron chi connectivity index (χ1n) is 13.4. The zero-order valence-corrected chi connectivity index (χ0v) is 24.5. The van der Waals surface area contributed by atoms with Crippen molar-refractivity contribution in [3.63, 3.8) is 0 Å². The number of likely N-dealkylation sites (tertiary alicyclic amines) is 1. The highest BCUT2D eigenvalue weighted by atomic mass is 32.1. The van der Waals surface area contributed by atoms with Crippen molar-refractivity contribution in [3.05, 3.63) is 57.9 Å². The number of hydrogen-bond acceptors (Lipinski definition) is 5. The molecule has 0 aliphatic carbocycles. The third kappa shape index (κ3) is 6.52. The second-order valence-corrected chi connectivity index (χ2v) is 13.6. The fourth-order valence-electron chi connectivity index (χ4n) is 4.85. The molecule has 8 heteroatoms. The number of nitrogens with zero attached hydrogens (tertiary/aromatic N) is 4. The Kier molecular flexibility index (Phi) is 7.84. The molecule has 1 amide bonds. The number of aliphatic carboxylic acids is 1. The number of benzene rings is 1. The van der Waals surface area contributed by atoms with Gasteiger partial charge in [0.2, 0.25) is 5.91 Å². The smallest absolute Gasteiger partial charge is 0.309 e. The van der Waals surface area contributed by atoms with Crippen LogP contribution < -0.4 is 0 Å². The van der Waals surface area contributed by atoms with E-state index in [1.54, 1.807) is 22.1 Å². The Hall–Kier alpha value is -3.00. The van der Waals surface area contributed by atoms with E-state index in [1.807, 2.05) is 18.0 Å². The largest absolute Gasteiger partial charge is 0.481 e. The van der Waals surface area contributed by atoms with Crippen LogP contribution in [0.15, 0.2) is 30.5 Å². The van der Waals surface area contributed by atoms with Crippen LogP contribution in [-0.2, 0) is 33.4 Å². The van der Waals surface area contributed by atoms with Gasteiger partial charge in [-0.3, -0.25) is 14.3 Å². The van der Waals surface area contributed by atoms with Gasteiger partial charge in [-0.2, -0.15) is 5.10 Å². The van der Waals surface area contributed by atoms with E-state index in [4.69, 9.17) is 10.1 Å². The highest BCUT2D eigenvalue weighted by molar-refractivity contribution is 7.15. The summed E-state index contributed by atoms with van der Waals surface area (Å²) >= 11 is 1.78. The van der Waals surface area contributed by atoms with Crippen LogP contribution >= 0.6 is 11.3 Å². The number of amides is 1. The third-order valence-corrected chi connectivity index (χ3v) is 8.54. The maximum absolute atomic E-state index is 12.9. The summed E-state index contributed by atoms with van der Waals surface area (Å²) < 4.78 is 1.61. The van der Waals surface area contributed by atoms with E-state index in [9.17, 15) is 9.59 Å². The normalized spacial score (nSPS) is 15.2. The van der Waals surface area contributed by atoms with Gasteiger partial charge < -0.3 is 10.0 Å². The van der Waals surface area contributed by atoms with E-state index in [0.29, 0.717) is 24.7 Å². The van der Waals surface area contributed by atoms with Crippen LogP contribution in [0.25, 0.3) is 10.6 Å². The monoisotopic (exact) mass is 536 g/mol. The first kappa shape index (κ1) is 28.0. The van der Waals surface area contributed by atoms with Crippen LogP contribution in [0, 0.1) is 6.92 Å². The van der Waals surface area contributed by atoms with Gasteiger partial charge in [0.15, 0.2) is 0 Å². The van der Waals surface area contributed by atoms with Crippen LogP contribution in [0.4, 0.5) is 0 Å². The number of carboxylic acid groups (broad SMARTS) is 1. The molecule has 0 unspecified atom stereocenters. The second kappa shape index (κ2) is 10.6. The second-order valence-electron chi connectivity index (χ2n) is 12.5. The molecule has 0 radical (unpaired) electrons. The van der Waals surface area contributed by atoms with Gasteiger partial charge in [-0.15, -0.1) is 11.3 Å². The van der Waals surface area contributed by atoms with E-state index < -0.39 is 5.97 Å². The van der Waals surface area contributed by atoms with Gasteiger partial charge in [0.25, 0.3) is 0 Å². The number of aromatic nitrogens is 3. The summed E-state index contributed by atoms with van der Waals surface area (Å²) in [5.41, 5.74) is 5.22. The number of carboxylic acids is 1. The first-order valence-corrected chi connectivity index (χ1v) is 14.2. The van der Waals surface area contributed by atoms with Gasteiger partial charge >= 0.3 is 5.97 Å². The molecule has 4 rings (SSSR count). The molecule has 1 fully saturated rings. The number of carbonyl (C=O) groups is 2. The lowest BCUT2D eigenvalue weighted by Crippen LogP contribution is -2.40. The number of thiazole rings is 1. The topological polar surface area (TPSA) is 88.3 Å². The van der Waals surface area contributed by atoms with E-state index >= 15 is 0 Å². The first-order chi connectivity index (χ1) is 17.7. The molecule has 0 saturated carbocycles. The summed E-state index contributed by atoms with van der Waals surface area (Å²) in [5.74, 6) is -0.507. The molecule has 0 spiro atoms. The molecule has 0 atom stereocenters. The lowest BCUT2D eigenvalue weighted by Gasteiger charge is -2.31. The minimum absolute atomic E-state index is 0.0234. The third-order valence-electron chi connectivity index (χ3n) is 7.33. The number of carbonyl (C=O) groups excluding carboxylic acids is 1. The number of hydrogen-bond donors (Lipinski definition) is 1. The van der Waals surface area contributed by atoms with Crippen molar-refractivity contribution >= 4 is 23.2 Å². The molecule has 3 aromatic rings. The van der Waals surface area contributed by atoms with Crippen LogP contribution in [0.5, 0.6) is 0 Å². The zero-order chi connectivity index (χ0) is 27.8. The molecule has 1 N–H and O–H groups in total. The zero-order valence-electron chi connectivity index (χ0n) is 23.7. The summed E-state index contributed by atoms with van der Waals surface area (Å²) in [7, 11) is 0. The van der Waals surface area contributed by atoms with Gasteiger partial charge in [-0.05, 0) is 65.8 Å². The lowest BCUT2D eigenvalue weighted by molar-refractivity contribution is -0.136. The average molecular weight is 537 g/mol. The quantitative estimate of drug-likeness (QED) is 0.421. The van der Waals surface area contributed by atoms with Crippen molar-refractivity contribution in [2.45, 2.75) is 91.0 Å². The van der Waals surface area contributed by atoms with Gasteiger partial charge in [0, 0.05) is 35.4 Å². The van der Waals surface area contributed by atoms with E-state index in [2.05, 4.69) is 64.8 Å². The summed E-state index contributed by atoms with van der Waals surface area (Å²) in [4.78, 5) is 31.9. The molecule has 1 saturated heterocycles. The molecule has 1 aliphatic rings. The molecule has 7 nitrogen and oxygen atoms in total. The van der Waals surface area contributed by atoms with Crippen LogP contribution in [0.3, 0.4) is 0 Å². The minimum Gasteiger partial charge on any atom is -0.481 e. The summed E-state index contributed by atoms with van der Waals surface area (Å²) in [5, 5.41) is 14.4. The number of aryl methyl sites for hydroxylation is 1. The van der Waals surface area contributed by atoms with Gasteiger partial charge in [-0.1, -0.05) is 47.6 Å². The van der Waals surface area contributed by atoms with E-state index in [-0.39, 0.29) is 29.7 Å². The Morgan fingerprint density at radius 1 is 1.00 bits per heavy atom. The lowest BCUT2D eigenvalue weighted by atomic mass is 9.79. The molecular formula is C30H40N4O3S. The Labute approximate surface area is 229 Å². The van der Waals surface area contributed by atoms with Crippen molar-refractivity contribution < 1.29 is 14.7 Å². The molecule has 204 valence electrons. The van der Waals surface area contributed by atoms with Crippen molar-refractivity contribution in [1.82, 2.24) is 19.7 Å². The van der Waals surface area contributed by atoms with Gasteiger partial charge in [0.1, 0.15) is 11.6 Å². The fraction of sp³-hybridized carbons (Fsp3) is 0.533. The highest BCUT2D eigenvalue weighted by Crippen LogP contribution is 2.38. The molecule has 1 aliphatic heterocycles. The average Bonchev–Trinajstić information content (AvgIpc) is 3.44. The number of rotatable bonds is 6. The minimum atomic E-state index is -0.925. The molecule has 1 aromatic carbocycles. The Morgan fingerprint density at radius 3 is 2.16 bits per heavy atom. The Morgan fingerprint density at radius 2 is 1.61 bits per heavy atom. The van der Waals surface area contributed by atoms with Gasteiger partial charge in [-0.25, -0.2) is 4.98 Å². The van der Waals surface area contributed by atoms with Crippen molar-refractivity contribution in [2.24, 2.45) is 0 Å². The van der Waals surface area contributed by atoms with E-state index in [1.165, 1.54) is 21.6 Å². The van der Waals surface area contributed by atoms with Crippen molar-refractivity contribution in [1.29, 1.82) is 0 Å². The maximum Gasteiger partial charge on any atom is 0.309 e. The molecule has 3 heterocycles. The summed E-state index contributed by atoms with van der Waals surface area (Å²) in [6.07, 6.45) is 3.71. The number of piperidine rings is 1. The van der Waals surface area contributed by atoms with Crippen molar-refractivity contribution in [2.75, 3.05) is 13.1 Å². The standard InChI is InChI=1S/C30H40N4O3S/c1-19-12-24(16-27(36)37)32-34(19)18-26(35)33-10-8-20(9-11-33)25-17-31-28(38-25)21-13-22(29(2,3)4)15-23(14-21)30(5,6)7/h12-15,17,20H,8-11,16,18H2,1-7H3,(H,36,37). The predicted octanol–water partition coefficient (Wildman–Crippen LogP) is 5.94. The predicted molar refractivity (Wildman–Crippen MR) is 152 cm³/mol. The van der Waals surface area contributed by atoms with Gasteiger partial charge in [0.05, 0.1) is 12.1 Å². The van der Waals surface area contributed by atoms with E-state index in [0.717, 1.165) is 23.5 Å². The van der Waals surface area contributed by atoms with Crippen LogP contribution in [-0.4, -0.2) is 49.7 Å². The fourth-order valence-corrected chi connectivity index (χ4v) is 5.92. The molecular weight excluding hydrogens is 496 g/mol. The maximum atomic E-state index is 12.9. The van der Waals surface area contributed by atoms with Crippen molar-refractivity contribution in [3.8, 4) is 10.6 Å². The van der Waals surface area contributed by atoms with Crippen LogP contribution in [0.2, 0.25) is 0 Å². The van der Waals surface area contributed by atoms with Crippen LogP contribution in [0.1, 0.15) is 87.7 Å². The summed E-state index contributed by atoms with van der Waals surface area (Å²) in [6, 6.07) is 8.65. The Bertz CT molecular complexity index is 1290. The highest BCUT2D eigenvalue weighted by Gasteiger charge is 2.27. The Balaban J connectivity index is 1.43. The molecule has 0 bridgehead atoms. The molecule has 38 heavy (non-hydrogen) atoms. The SMILES string of the molecule is Cc1cc(CC(=O)O)nn1CC(=O)N1CCC(c2cnc(-c3cc(C(C)(C)C)cc(C(C)(C)C)c3)s2)CC1. The summed E-state index contributed by atoms with van der Waals surface area (Å²) in [6.45, 7) is 16.9. The molecule has 2 aromatic heterocycles.